The third kappa shape index (κ3) is 7.12. The van der Waals surface area contributed by atoms with Crippen LogP contribution in [-0.4, -0.2) is 0 Å². The van der Waals surface area contributed by atoms with E-state index in [1.165, 1.54) is 12.8 Å². The van der Waals surface area contributed by atoms with Gasteiger partial charge >= 0.3 is 0 Å². The Labute approximate surface area is 64.0 Å². The molecule has 0 aliphatic carbocycles. The monoisotopic (exact) mass is 134 g/mol. The van der Waals surface area contributed by atoms with Gasteiger partial charge in [0.2, 0.25) is 0 Å². The third-order valence-corrected chi connectivity index (χ3v) is 1.07. The molecular formula is C10H14. The molecule has 0 radical (unpaired) electrons. The lowest BCUT2D eigenvalue weighted by Crippen LogP contribution is -1.65. The highest BCUT2D eigenvalue weighted by Crippen LogP contribution is 1.89. The highest BCUT2D eigenvalue weighted by atomic mass is 13.8. The van der Waals surface area contributed by atoms with Gasteiger partial charge < -0.3 is 0 Å². The number of rotatable bonds is 2. The number of unbranched alkanes of at least 4 members (excludes halogenated alkanes) is 2. The van der Waals surface area contributed by atoms with Gasteiger partial charge in [0.25, 0.3) is 0 Å². The quantitative estimate of drug-likeness (QED) is 0.402. The van der Waals surface area contributed by atoms with Gasteiger partial charge in [0, 0.05) is 12.8 Å². The summed E-state index contributed by atoms with van der Waals surface area (Å²) in [6.07, 6.45) is 4.31. The van der Waals surface area contributed by atoms with E-state index in [1.807, 2.05) is 6.92 Å². The number of hydrogen-bond acceptors (Lipinski definition) is 0. The zero-order chi connectivity index (χ0) is 7.66. The van der Waals surface area contributed by atoms with Crippen LogP contribution in [0.25, 0.3) is 0 Å². The lowest BCUT2D eigenvalue weighted by molar-refractivity contribution is 0.828. The Morgan fingerprint density at radius 2 is 1.70 bits per heavy atom. The lowest BCUT2D eigenvalue weighted by Gasteiger charge is -1.80. The first-order valence-electron chi connectivity index (χ1n) is 3.87. The largest absolute Gasteiger partial charge is 0.0894 e. The summed E-state index contributed by atoms with van der Waals surface area (Å²) in [4.78, 5) is 0. The van der Waals surface area contributed by atoms with Crippen LogP contribution in [0.5, 0.6) is 0 Å². The molecule has 0 aromatic heterocycles. The molecule has 54 valence electrons. The van der Waals surface area contributed by atoms with Gasteiger partial charge in [-0.3, -0.25) is 0 Å². The minimum atomic E-state index is 0.905. The molecule has 0 atom stereocenters. The molecule has 0 heteroatoms. The Morgan fingerprint density at radius 1 is 1.00 bits per heavy atom. The van der Waals surface area contributed by atoms with Crippen LogP contribution in [0.15, 0.2) is 0 Å². The summed E-state index contributed by atoms with van der Waals surface area (Å²) in [6.45, 7) is 4.19. The molecule has 0 bridgehead atoms. The highest BCUT2D eigenvalue weighted by Gasteiger charge is 1.73. The zero-order valence-corrected chi connectivity index (χ0v) is 6.83. The van der Waals surface area contributed by atoms with Crippen molar-refractivity contribution >= 4 is 0 Å². The normalized spacial score (nSPS) is 7.00. The molecule has 0 fully saturated rings. The first kappa shape index (κ1) is 9.12. The summed E-state index contributed by atoms with van der Waals surface area (Å²) >= 11 is 0. The zero-order valence-electron chi connectivity index (χ0n) is 6.83. The molecule has 0 unspecified atom stereocenters. The summed E-state index contributed by atoms with van der Waals surface area (Å²) in [5.41, 5.74) is 0. The molecule has 0 saturated carbocycles. The smallest absolute Gasteiger partial charge is 0.00988 e. The van der Waals surface area contributed by atoms with Gasteiger partial charge in [0.1, 0.15) is 0 Å². The topological polar surface area (TPSA) is 0 Å². The summed E-state index contributed by atoms with van der Waals surface area (Å²) in [5, 5.41) is 0. The van der Waals surface area contributed by atoms with Crippen molar-refractivity contribution in [1.82, 2.24) is 0 Å². The van der Waals surface area contributed by atoms with Gasteiger partial charge in [-0.25, -0.2) is 0 Å². The fraction of sp³-hybridized carbons (Fsp3) is 0.600. The van der Waals surface area contributed by atoms with Crippen LogP contribution in [0.3, 0.4) is 0 Å². The van der Waals surface area contributed by atoms with E-state index in [4.69, 9.17) is 0 Å². The maximum Gasteiger partial charge on any atom is 0.00988 e. The maximum absolute atomic E-state index is 3.00. The van der Waals surface area contributed by atoms with Crippen molar-refractivity contribution in [3.63, 3.8) is 0 Å². The Hall–Kier alpha value is -0.880. The fourth-order valence-corrected chi connectivity index (χ4v) is 0.504. The van der Waals surface area contributed by atoms with Crippen molar-refractivity contribution in [1.29, 1.82) is 0 Å². The van der Waals surface area contributed by atoms with Crippen LogP contribution in [0.2, 0.25) is 0 Å². The second kappa shape index (κ2) is 8.12. The second-order valence-corrected chi connectivity index (χ2v) is 2.06. The SMILES string of the molecule is CCC#CC#CCCCC. The van der Waals surface area contributed by atoms with Crippen LogP contribution in [0.4, 0.5) is 0 Å². The van der Waals surface area contributed by atoms with Crippen molar-refractivity contribution in [3.8, 4) is 23.7 Å². The molecule has 0 saturated heterocycles. The summed E-state index contributed by atoms with van der Waals surface area (Å²) in [6, 6.07) is 0. The molecule has 0 aliphatic rings. The van der Waals surface area contributed by atoms with Gasteiger partial charge in [-0.2, -0.15) is 0 Å². The maximum atomic E-state index is 3.00. The van der Waals surface area contributed by atoms with E-state index in [-0.39, 0.29) is 0 Å². The van der Waals surface area contributed by atoms with Crippen molar-refractivity contribution in [2.45, 2.75) is 39.5 Å². The van der Waals surface area contributed by atoms with E-state index >= 15 is 0 Å². The third-order valence-electron chi connectivity index (χ3n) is 1.07. The molecule has 0 nitrogen and oxygen atoms in total. The molecule has 0 N–H and O–H groups in total. The van der Waals surface area contributed by atoms with Crippen molar-refractivity contribution in [2.75, 3.05) is 0 Å². The van der Waals surface area contributed by atoms with Crippen molar-refractivity contribution in [3.05, 3.63) is 0 Å². The molecule has 0 aliphatic heterocycles. The average molecular weight is 134 g/mol. The summed E-state index contributed by atoms with van der Waals surface area (Å²) in [7, 11) is 0. The van der Waals surface area contributed by atoms with Gasteiger partial charge in [0.15, 0.2) is 0 Å². The second-order valence-electron chi connectivity index (χ2n) is 2.06. The molecule has 0 rings (SSSR count). The fourth-order valence-electron chi connectivity index (χ4n) is 0.504. The summed E-state index contributed by atoms with van der Waals surface area (Å²) in [5.74, 6) is 11.5. The average Bonchev–Trinajstić information content (AvgIpc) is 1.97. The molecule has 0 aromatic carbocycles. The molecular weight excluding hydrogens is 120 g/mol. The van der Waals surface area contributed by atoms with Gasteiger partial charge in [-0.15, -0.1) is 0 Å². The van der Waals surface area contributed by atoms with E-state index in [2.05, 4.69) is 30.6 Å². The molecule has 0 spiro atoms. The Bertz CT molecular complexity index is 168. The summed E-state index contributed by atoms with van der Waals surface area (Å²) < 4.78 is 0. The Balaban J connectivity index is 3.31. The minimum absolute atomic E-state index is 0.905. The van der Waals surface area contributed by atoms with Crippen molar-refractivity contribution in [2.24, 2.45) is 0 Å². The van der Waals surface area contributed by atoms with E-state index in [9.17, 15) is 0 Å². The molecule has 0 amide bonds. The van der Waals surface area contributed by atoms with Crippen LogP contribution < -0.4 is 0 Å². The van der Waals surface area contributed by atoms with Crippen LogP contribution in [-0.2, 0) is 0 Å². The standard InChI is InChI=1S/C10H14/c1-3-5-7-9-10-8-6-4-2/h3-5,7H2,1-2H3. The van der Waals surface area contributed by atoms with Crippen LogP contribution in [0, 0.1) is 23.7 Å². The van der Waals surface area contributed by atoms with E-state index in [1.54, 1.807) is 0 Å². The minimum Gasteiger partial charge on any atom is -0.0894 e. The highest BCUT2D eigenvalue weighted by molar-refractivity contribution is 5.25. The molecule has 10 heavy (non-hydrogen) atoms. The first-order valence-corrected chi connectivity index (χ1v) is 3.87. The van der Waals surface area contributed by atoms with E-state index < -0.39 is 0 Å². The van der Waals surface area contributed by atoms with Crippen LogP contribution >= 0.6 is 0 Å². The Kier molecular flexibility index (Phi) is 7.41. The van der Waals surface area contributed by atoms with Gasteiger partial charge in [-0.05, 0) is 18.3 Å². The number of hydrogen-bond donors (Lipinski definition) is 0. The van der Waals surface area contributed by atoms with E-state index in [0.717, 1.165) is 12.8 Å². The molecule has 0 aromatic rings. The first-order chi connectivity index (χ1) is 4.91. The van der Waals surface area contributed by atoms with Gasteiger partial charge in [-0.1, -0.05) is 32.1 Å². The Morgan fingerprint density at radius 3 is 2.30 bits per heavy atom. The van der Waals surface area contributed by atoms with Gasteiger partial charge in [0.05, 0.1) is 0 Å². The lowest BCUT2D eigenvalue weighted by atomic mass is 10.2. The van der Waals surface area contributed by atoms with Crippen LogP contribution in [0.1, 0.15) is 39.5 Å². The van der Waals surface area contributed by atoms with E-state index in [0.29, 0.717) is 0 Å². The predicted molar refractivity (Wildman–Crippen MR) is 45.4 cm³/mol. The predicted octanol–water partition coefficient (Wildman–Crippen LogP) is 2.59. The van der Waals surface area contributed by atoms with Crippen molar-refractivity contribution < 1.29 is 0 Å². The molecule has 0 heterocycles.